The predicted molar refractivity (Wildman–Crippen MR) is 76.4 cm³/mol. The number of rotatable bonds is 0. The molecule has 0 N–H and O–H groups in total. The molecule has 0 aliphatic heterocycles. The average Bonchev–Trinajstić information content (AvgIpc) is 2.80. The summed E-state index contributed by atoms with van der Waals surface area (Å²) in [6.45, 7) is 2.55. The largest absolute Gasteiger partial charge is 0.0624 e. The van der Waals surface area contributed by atoms with Gasteiger partial charge in [-0.15, -0.1) is 0 Å². The molecule has 3 aliphatic rings. The summed E-state index contributed by atoms with van der Waals surface area (Å²) in [5.41, 5.74) is 7.41. The molecule has 94 valence electrons. The second kappa shape index (κ2) is 3.73. The van der Waals surface area contributed by atoms with Crippen LogP contribution in [0.3, 0.4) is 0 Å². The van der Waals surface area contributed by atoms with Crippen LogP contribution in [0.2, 0.25) is 0 Å². The van der Waals surface area contributed by atoms with E-state index in [0.717, 1.165) is 5.92 Å². The SMILES string of the molecule is CC12CCC[C@@H]1C1=C(CC2)c2ccccc2CC1. The first-order chi connectivity index (χ1) is 8.78. The Labute approximate surface area is 110 Å². The molecule has 0 bridgehead atoms. The van der Waals surface area contributed by atoms with E-state index in [0.29, 0.717) is 5.41 Å². The van der Waals surface area contributed by atoms with Gasteiger partial charge >= 0.3 is 0 Å². The van der Waals surface area contributed by atoms with Crippen molar-refractivity contribution in [2.24, 2.45) is 11.3 Å². The molecule has 3 aliphatic carbocycles. The van der Waals surface area contributed by atoms with Gasteiger partial charge in [0.2, 0.25) is 0 Å². The van der Waals surface area contributed by atoms with E-state index >= 15 is 0 Å². The lowest BCUT2D eigenvalue weighted by molar-refractivity contribution is 0.226. The van der Waals surface area contributed by atoms with Gasteiger partial charge in [-0.1, -0.05) is 43.2 Å². The molecule has 1 aromatic rings. The molecule has 1 fully saturated rings. The smallest absolute Gasteiger partial charge is 0.0143 e. The Balaban J connectivity index is 1.85. The topological polar surface area (TPSA) is 0 Å². The second-order valence-corrected chi connectivity index (χ2v) is 6.76. The summed E-state index contributed by atoms with van der Waals surface area (Å²) in [4.78, 5) is 0. The van der Waals surface area contributed by atoms with Crippen molar-refractivity contribution in [3.8, 4) is 0 Å². The molecule has 4 rings (SSSR count). The first-order valence-corrected chi connectivity index (χ1v) is 7.58. The normalized spacial score (nSPS) is 33.9. The lowest BCUT2D eigenvalue weighted by Crippen LogP contribution is -2.29. The van der Waals surface area contributed by atoms with Crippen LogP contribution in [0.1, 0.15) is 56.6 Å². The van der Waals surface area contributed by atoms with E-state index in [1.54, 1.807) is 16.7 Å². The average molecular weight is 238 g/mol. The molecular formula is C18H22. The third-order valence-corrected chi connectivity index (χ3v) is 5.84. The van der Waals surface area contributed by atoms with Gasteiger partial charge in [-0.3, -0.25) is 0 Å². The van der Waals surface area contributed by atoms with E-state index in [1.807, 2.05) is 5.57 Å². The van der Waals surface area contributed by atoms with Gasteiger partial charge in [0.15, 0.2) is 0 Å². The van der Waals surface area contributed by atoms with E-state index in [-0.39, 0.29) is 0 Å². The van der Waals surface area contributed by atoms with Crippen LogP contribution in [0.25, 0.3) is 5.57 Å². The molecule has 0 heterocycles. The summed E-state index contributed by atoms with van der Waals surface area (Å²) in [6, 6.07) is 9.12. The van der Waals surface area contributed by atoms with Crippen LogP contribution in [-0.2, 0) is 6.42 Å². The highest BCUT2D eigenvalue weighted by Gasteiger charge is 2.44. The Bertz CT molecular complexity index is 523. The van der Waals surface area contributed by atoms with Crippen LogP contribution >= 0.6 is 0 Å². The molecule has 0 radical (unpaired) electrons. The number of fused-ring (bicyclic) bond motifs is 4. The predicted octanol–water partition coefficient (Wildman–Crippen LogP) is 4.99. The molecule has 2 atom stereocenters. The minimum absolute atomic E-state index is 0.644. The number of aryl methyl sites for hydroxylation is 1. The van der Waals surface area contributed by atoms with Crippen LogP contribution in [0.5, 0.6) is 0 Å². The van der Waals surface area contributed by atoms with Gasteiger partial charge in [0.25, 0.3) is 0 Å². The first kappa shape index (κ1) is 10.8. The van der Waals surface area contributed by atoms with Gasteiger partial charge in [0, 0.05) is 0 Å². The van der Waals surface area contributed by atoms with Crippen molar-refractivity contribution in [2.75, 3.05) is 0 Å². The summed E-state index contributed by atoms with van der Waals surface area (Å²) in [5, 5.41) is 0. The molecule has 0 aromatic heterocycles. The summed E-state index contributed by atoms with van der Waals surface area (Å²) in [7, 11) is 0. The second-order valence-electron chi connectivity index (χ2n) is 6.76. The van der Waals surface area contributed by atoms with Crippen molar-refractivity contribution in [2.45, 2.75) is 51.9 Å². The summed E-state index contributed by atoms with van der Waals surface area (Å²) < 4.78 is 0. The fraction of sp³-hybridized carbons (Fsp3) is 0.556. The maximum atomic E-state index is 2.55. The highest BCUT2D eigenvalue weighted by molar-refractivity contribution is 5.74. The van der Waals surface area contributed by atoms with Gasteiger partial charge in [0.05, 0.1) is 0 Å². The lowest BCUT2D eigenvalue weighted by Gasteiger charge is -2.42. The third kappa shape index (κ3) is 1.38. The Kier molecular flexibility index (Phi) is 2.24. The zero-order valence-electron chi connectivity index (χ0n) is 11.3. The number of benzene rings is 1. The molecule has 0 spiro atoms. The van der Waals surface area contributed by atoms with Gasteiger partial charge in [0.1, 0.15) is 0 Å². The van der Waals surface area contributed by atoms with Crippen LogP contribution in [-0.4, -0.2) is 0 Å². The molecule has 1 unspecified atom stereocenters. The Morgan fingerprint density at radius 1 is 1.06 bits per heavy atom. The molecule has 1 saturated carbocycles. The Morgan fingerprint density at radius 3 is 2.89 bits per heavy atom. The Morgan fingerprint density at radius 2 is 1.94 bits per heavy atom. The quantitative estimate of drug-likeness (QED) is 0.597. The van der Waals surface area contributed by atoms with E-state index in [9.17, 15) is 0 Å². The number of hydrogen-bond acceptors (Lipinski definition) is 0. The molecule has 0 heteroatoms. The highest BCUT2D eigenvalue weighted by atomic mass is 14.5. The number of hydrogen-bond donors (Lipinski definition) is 0. The summed E-state index contributed by atoms with van der Waals surface area (Å²) >= 11 is 0. The minimum Gasteiger partial charge on any atom is -0.0624 e. The van der Waals surface area contributed by atoms with Crippen LogP contribution in [0.15, 0.2) is 29.8 Å². The molecular weight excluding hydrogens is 216 g/mol. The summed E-state index contributed by atoms with van der Waals surface area (Å²) in [5.74, 6) is 0.912. The van der Waals surface area contributed by atoms with Gasteiger partial charge in [-0.25, -0.2) is 0 Å². The molecule has 0 nitrogen and oxygen atoms in total. The lowest BCUT2D eigenvalue weighted by atomic mass is 9.63. The fourth-order valence-electron chi connectivity index (χ4n) is 4.84. The van der Waals surface area contributed by atoms with Gasteiger partial charge in [-0.05, 0) is 66.6 Å². The van der Waals surface area contributed by atoms with Crippen LogP contribution in [0.4, 0.5) is 0 Å². The van der Waals surface area contributed by atoms with Gasteiger partial charge in [-0.2, -0.15) is 0 Å². The Hall–Kier alpha value is -1.04. The standard InChI is InChI=1S/C18H22/c1-18-11-4-7-17(18)16-9-8-13-5-2-3-6-14(13)15(16)10-12-18/h2-3,5-6,17H,4,7-12H2,1H3/t17-,18?/m1/s1. The van der Waals surface area contributed by atoms with Crippen LogP contribution in [0, 0.1) is 11.3 Å². The van der Waals surface area contributed by atoms with Crippen molar-refractivity contribution in [1.82, 2.24) is 0 Å². The van der Waals surface area contributed by atoms with E-state index in [1.165, 1.54) is 44.9 Å². The number of allylic oxidation sites excluding steroid dienone is 2. The first-order valence-electron chi connectivity index (χ1n) is 7.58. The molecule has 18 heavy (non-hydrogen) atoms. The van der Waals surface area contributed by atoms with E-state index in [2.05, 4.69) is 31.2 Å². The van der Waals surface area contributed by atoms with Gasteiger partial charge < -0.3 is 0 Å². The van der Waals surface area contributed by atoms with Crippen LogP contribution < -0.4 is 0 Å². The highest BCUT2D eigenvalue weighted by Crippen LogP contribution is 2.57. The molecule has 0 amide bonds. The summed E-state index contributed by atoms with van der Waals surface area (Å²) in [6.07, 6.45) is 9.76. The maximum Gasteiger partial charge on any atom is -0.0143 e. The van der Waals surface area contributed by atoms with E-state index < -0.39 is 0 Å². The third-order valence-electron chi connectivity index (χ3n) is 5.84. The van der Waals surface area contributed by atoms with Crippen molar-refractivity contribution in [3.63, 3.8) is 0 Å². The van der Waals surface area contributed by atoms with Crippen molar-refractivity contribution >= 4 is 5.57 Å². The minimum atomic E-state index is 0.644. The molecule has 1 aromatic carbocycles. The monoisotopic (exact) mass is 238 g/mol. The zero-order chi connectivity index (χ0) is 12.2. The fourth-order valence-corrected chi connectivity index (χ4v) is 4.84. The van der Waals surface area contributed by atoms with Crippen molar-refractivity contribution in [3.05, 3.63) is 41.0 Å². The van der Waals surface area contributed by atoms with Crippen molar-refractivity contribution in [1.29, 1.82) is 0 Å². The molecule has 0 saturated heterocycles. The van der Waals surface area contributed by atoms with Crippen molar-refractivity contribution < 1.29 is 0 Å². The van der Waals surface area contributed by atoms with E-state index in [4.69, 9.17) is 0 Å². The maximum absolute atomic E-state index is 2.55. The zero-order valence-corrected chi connectivity index (χ0v) is 11.3.